The highest BCUT2D eigenvalue weighted by molar-refractivity contribution is 8.23. The number of hydrogen-bond donors (Lipinski definition) is 1. The largest absolute Gasteiger partial charge is 0.272 e. The molecule has 0 radical (unpaired) electrons. The van der Waals surface area contributed by atoms with Crippen molar-refractivity contribution in [1.29, 1.82) is 0 Å². The first kappa shape index (κ1) is 10.6. The molecule has 0 spiro atoms. The topological polar surface area (TPSA) is 32.3 Å². The molecular weight excluding hydrogens is 228 g/mol. The van der Waals surface area contributed by atoms with Crippen LogP contribution in [0.25, 0.3) is 0 Å². The van der Waals surface area contributed by atoms with E-state index in [-0.39, 0.29) is 5.91 Å². The number of carbonyl (C=O) groups is 1. The van der Waals surface area contributed by atoms with Crippen LogP contribution in [-0.2, 0) is 11.3 Å². The number of hydrogen-bond acceptors (Lipinski definition) is 4. The SMILES string of the molecule is O=C1CSC(=S)N1NCc1ccccc1. The van der Waals surface area contributed by atoms with Gasteiger partial charge in [-0.25, -0.2) is 10.4 Å². The first-order valence-electron chi connectivity index (χ1n) is 4.54. The minimum absolute atomic E-state index is 0.0286. The maximum atomic E-state index is 11.4. The molecule has 1 saturated heterocycles. The number of nitrogens with one attached hydrogen (secondary N) is 1. The van der Waals surface area contributed by atoms with E-state index in [9.17, 15) is 4.79 Å². The van der Waals surface area contributed by atoms with E-state index in [2.05, 4.69) is 5.43 Å². The Hall–Kier alpha value is -0.910. The van der Waals surface area contributed by atoms with Crippen molar-refractivity contribution >= 4 is 34.2 Å². The number of carbonyl (C=O) groups excluding carboxylic acids is 1. The summed E-state index contributed by atoms with van der Waals surface area (Å²) in [5, 5.41) is 1.45. The van der Waals surface area contributed by atoms with Gasteiger partial charge < -0.3 is 0 Å². The lowest BCUT2D eigenvalue weighted by molar-refractivity contribution is -0.126. The molecule has 0 aliphatic carbocycles. The van der Waals surface area contributed by atoms with Crippen molar-refractivity contribution in [2.75, 3.05) is 5.75 Å². The number of nitrogens with zero attached hydrogens (tertiary/aromatic N) is 1. The van der Waals surface area contributed by atoms with Gasteiger partial charge in [0.1, 0.15) is 0 Å². The Morgan fingerprint density at radius 1 is 1.40 bits per heavy atom. The average molecular weight is 238 g/mol. The molecule has 5 heteroatoms. The van der Waals surface area contributed by atoms with Gasteiger partial charge in [0.05, 0.1) is 5.75 Å². The summed E-state index contributed by atoms with van der Waals surface area (Å²) in [6, 6.07) is 9.91. The number of hydrazine groups is 1. The van der Waals surface area contributed by atoms with Crippen LogP contribution in [0.15, 0.2) is 30.3 Å². The average Bonchev–Trinajstić information content (AvgIpc) is 2.58. The van der Waals surface area contributed by atoms with E-state index in [4.69, 9.17) is 12.2 Å². The molecule has 1 aliphatic rings. The number of thiocarbonyl (C=S) groups is 1. The van der Waals surface area contributed by atoms with E-state index in [1.165, 1.54) is 16.8 Å². The maximum Gasteiger partial charge on any atom is 0.253 e. The predicted octanol–water partition coefficient (Wildman–Crippen LogP) is 1.55. The summed E-state index contributed by atoms with van der Waals surface area (Å²) in [5.74, 6) is 0.474. The van der Waals surface area contributed by atoms with Crippen molar-refractivity contribution in [3.8, 4) is 0 Å². The minimum Gasteiger partial charge on any atom is -0.272 e. The number of benzene rings is 1. The summed E-state index contributed by atoms with van der Waals surface area (Å²) in [6.07, 6.45) is 0. The van der Waals surface area contributed by atoms with Crippen molar-refractivity contribution in [2.45, 2.75) is 6.54 Å². The number of rotatable bonds is 3. The summed E-state index contributed by atoms with van der Waals surface area (Å²) in [5.41, 5.74) is 4.15. The summed E-state index contributed by atoms with van der Waals surface area (Å²) < 4.78 is 0.607. The fourth-order valence-corrected chi connectivity index (χ4v) is 2.29. The van der Waals surface area contributed by atoms with E-state index in [1.807, 2.05) is 30.3 Å². The van der Waals surface area contributed by atoms with Crippen molar-refractivity contribution in [3.05, 3.63) is 35.9 Å². The Bertz CT molecular complexity index is 364. The van der Waals surface area contributed by atoms with Gasteiger partial charge in [0, 0.05) is 6.54 Å². The molecule has 2 rings (SSSR count). The van der Waals surface area contributed by atoms with Gasteiger partial charge in [0.25, 0.3) is 5.91 Å². The molecule has 0 atom stereocenters. The van der Waals surface area contributed by atoms with E-state index in [0.29, 0.717) is 16.6 Å². The normalized spacial score (nSPS) is 16.1. The molecule has 1 fully saturated rings. The van der Waals surface area contributed by atoms with Gasteiger partial charge >= 0.3 is 0 Å². The Balaban J connectivity index is 1.93. The molecule has 0 aromatic heterocycles. The summed E-state index contributed by atoms with van der Waals surface area (Å²) in [4.78, 5) is 11.4. The minimum atomic E-state index is 0.0286. The van der Waals surface area contributed by atoms with Crippen LogP contribution >= 0.6 is 24.0 Å². The quantitative estimate of drug-likeness (QED) is 0.810. The molecule has 1 amide bonds. The molecule has 1 N–H and O–H groups in total. The number of amides is 1. The third kappa shape index (κ3) is 2.56. The zero-order valence-electron chi connectivity index (χ0n) is 7.97. The zero-order valence-corrected chi connectivity index (χ0v) is 9.61. The van der Waals surface area contributed by atoms with Gasteiger partial charge in [-0.3, -0.25) is 4.79 Å². The molecule has 1 aliphatic heterocycles. The van der Waals surface area contributed by atoms with Crippen LogP contribution in [0.5, 0.6) is 0 Å². The Morgan fingerprint density at radius 2 is 2.13 bits per heavy atom. The first-order valence-corrected chi connectivity index (χ1v) is 5.94. The van der Waals surface area contributed by atoms with Crippen LogP contribution < -0.4 is 5.43 Å². The molecule has 0 unspecified atom stereocenters. The van der Waals surface area contributed by atoms with Crippen LogP contribution in [0.3, 0.4) is 0 Å². The van der Waals surface area contributed by atoms with Crippen LogP contribution in [0.1, 0.15) is 5.56 Å². The molecule has 1 heterocycles. The molecule has 1 aromatic rings. The lowest BCUT2D eigenvalue weighted by atomic mass is 10.2. The van der Waals surface area contributed by atoms with Crippen LogP contribution in [0.4, 0.5) is 0 Å². The predicted molar refractivity (Wildman–Crippen MR) is 65.2 cm³/mol. The second kappa shape index (κ2) is 4.74. The second-order valence-corrected chi connectivity index (χ2v) is 4.71. The summed E-state index contributed by atoms with van der Waals surface area (Å²) in [7, 11) is 0. The maximum absolute atomic E-state index is 11.4. The van der Waals surface area contributed by atoms with Crippen molar-refractivity contribution in [3.63, 3.8) is 0 Å². The van der Waals surface area contributed by atoms with Gasteiger partial charge in [-0.1, -0.05) is 54.3 Å². The highest BCUT2D eigenvalue weighted by atomic mass is 32.2. The van der Waals surface area contributed by atoms with E-state index >= 15 is 0 Å². The second-order valence-electron chi connectivity index (χ2n) is 3.10. The zero-order chi connectivity index (χ0) is 10.7. The van der Waals surface area contributed by atoms with Gasteiger partial charge in [-0.2, -0.15) is 0 Å². The van der Waals surface area contributed by atoms with Crippen molar-refractivity contribution in [1.82, 2.24) is 10.4 Å². The molecule has 78 valence electrons. The molecule has 0 bridgehead atoms. The van der Waals surface area contributed by atoms with Gasteiger partial charge in [-0.05, 0) is 5.56 Å². The monoisotopic (exact) mass is 238 g/mol. The standard InChI is InChI=1S/C10H10N2OS2/c13-9-7-15-10(14)12(9)11-6-8-4-2-1-3-5-8/h1-5,11H,6-7H2. The lowest BCUT2D eigenvalue weighted by Crippen LogP contribution is -2.40. The van der Waals surface area contributed by atoms with Crippen molar-refractivity contribution in [2.24, 2.45) is 0 Å². The fraction of sp³-hybridized carbons (Fsp3) is 0.200. The lowest BCUT2D eigenvalue weighted by Gasteiger charge is -2.15. The molecular formula is C10H10N2OS2. The van der Waals surface area contributed by atoms with Gasteiger partial charge in [0.2, 0.25) is 0 Å². The Labute approximate surface area is 97.8 Å². The van der Waals surface area contributed by atoms with Crippen LogP contribution in [0, 0.1) is 0 Å². The smallest absolute Gasteiger partial charge is 0.253 e. The summed E-state index contributed by atoms with van der Waals surface area (Å²) in [6.45, 7) is 0.618. The fourth-order valence-electron chi connectivity index (χ4n) is 1.27. The third-order valence-electron chi connectivity index (χ3n) is 2.04. The van der Waals surface area contributed by atoms with Gasteiger partial charge in [0.15, 0.2) is 4.32 Å². The van der Waals surface area contributed by atoms with Crippen molar-refractivity contribution < 1.29 is 4.79 Å². The van der Waals surface area contributed by atoms with Crippen LogP contribution in [0.2, 0.25) is 0 Å². The molecule has 3 nitrogen and oxygen atoms in total. The van der Waals surface area contributed by atoms with E-state index in [1.54, 1.807) is 0 Å². The third-order valence-corrected chi connectivity index (χ3v) is 3.39. The highest BCUT2D eigenvalue weighted by Gasteiger charge is 2.26. The molecule has 1 aromatic carbocycles. The van der Waals surface area contributed by atoms with Crippen LogP contribution in [-0.4, -0.2) is 21.0 Å². The Kier molecular flexibility index (Phi) is 3.35. The summed E-state index contributed by atoms with van der Waals surface area (Å²) >= 11 is 6.43. The Morgan fingerprint density at radius 3 is 2.73 bits per heavy atom. The molecule has 0 saturated carbocycles. The van der Waals surface area contributed by atoms with E-state index < -0.39 is 0 Å². The van der Waals surface area contributed by atoms with E-state index in [0.717, 1.165) is 5.56 Å². The van der Waals surface area contributed by atoms with Gasteiger partial charge in [-0.15, -0.1) is 0 Å². The first-order chi connectivity index (χ1) is 7.27. The number of thioether (sulfide) groups is 1. The highest BCUT2D eigenvalue weighted by Crippen LogP contribution is 2.17. The molecule has 15 heavy (non-hydrogen) atoms.